The van der Waals surface area contributed by atoms with Crippen molar-refractivity contribution in [3.05, 3.63) is 30.0 Å². The number of para-hydroxylation sites is 1. The second kappa shape index (κ2) is 5.94. The highest BCUT2D eigenvalue weighted by atomic mass is 16.5. The number of nitrogens with two attached hydrogens (primary N) is 1. The smallest absolute Gasteiger partial charge is 0.0802 e. The van der Waals surface area contributed by atoms with Crippen molar-refractivity contribution in [1.29, 1.82) is 0 Å². The van der Waals surface area contributed by atoms with Crippen molar-refractivity contribution in [2.75, 3.05) is 7.11 Å². The Hall–Kier alpha value is -1.39. The Morgan fingerprint density at radius 1 is 1.35 bits per heavy atom. The molecule has 2 aromatic rings. The van der Waals surface area contributed by atoms with Gasteiger partial charge in [0.2, 0.25) is 0 Å². The maximum absolute atomic E-state index is 6.37. The van der Waals surface area contributed by atoms with E-state index in [9.17, 15) is 0 Å². The summed E-state index contributed by atoms with van der Waals surface area (Å²) >= 11 is 0. The summed E-state index contributed by atoms with van der Waals surface area (Å²) in [5, 5.41) is 5.90. The summed E-state index contributed by atoms with van der Waals surface area (Å²) in [4.78, 5) is 0. The van der Waals surface area contributed by atoms with E-state index in [1.54, 1.807) is 7.11 Å². The van der Waals surface area contributed by atoms with Gasteiger partial charge in [-0.2, -0.15) is 5.10 Å². The first-order valence-electron chi connectivity index (χ1n) is 7.30. The predicted molar refractivity (Wildman–Crippen MR) is 82.8 cm³/mol. The number of hydrogen-bond donors (Lipinski definition) is 1. The molecule has 0 aliphatic carbocycles. The van der Waals surface area contributed by atoms with Crippen LogP contribution in [0.25, 0.3) is 10.9 Å². The van der Waals surface area contributed by atoms with Crippen molar-refractivity contribution in [3.63, 3.8) is 0 Å². The standard InChI is InChI=1S/C16H25N3O/c1-5-16(3,20-4)15(17)11-13-12-9-7-8-10-14(12)19(6-2)18-13/h7-10,15H,5-6,11,17H2,1-4H3. The first-order valence-corrected chi connectivity index (χ1v) is 7.30. The number of benzene rings is 1. The molecule has 0 radical (unpaired) electrons. The Kier molecular flexibility index (Phi) is 4.45. The van der Waals surface area contributed by atoms with Crippen molar-refractivity contribution in [2.24, 2.45) is 5.73 Å². The largest absolute Gasteiger partial charge is 0.377 e. The maximum Gasteiger partial charge on any atom is 0.0802 e. The molecule has 0 saturated heterocycles. The predicted octanol–water partition coefficient (Wildman–Crippen LogP) is 2.74. The van der Waals surface area contributed by atoms with E-state index in [0.29, 0.717) is 0 Å². The molecule has 2 unspecified atom stereocenters. The minimum atomic E-state index is -0.308. The zero-order valence-corrected chi connectivity index (χ0v) is 12.9. The van der Waals surface area contributed by atoms with Crippen molar-refractivity contribution in [1.82, 2.24) is 9.78 Å². The fraction of sp³-hybridized carbons (Fsp3) is 0.562. The summed E-state index contributed by atoms with van der Waals surface area (Å²) in [6, 6.07) is 8.25. The van der Waals surface area contributed by atoms with Crippen molar-refractivity contribution >= 4 is 10.9 Å². The molecule has 0 aliphatic heterocycles. The molecular weight excluding hydrogens is 250 g/mol. The van der Waals surface area contributed by atoms with E-state index >= 15 is 0 Å². The number of nitrogens with zero attached hydrogens (tertiary/aromatic N) is 2. The topological polar surface area (TPSA) is 53.1 Å². The van der Waals surface area contributed by atoms with E-state index in [1.807, 2.05) is 16.8 Å². The number of methoxy groups -OCH3 is 1. The lowest BCUT2D eigenvalue weighted by Crippen LogP contribution is -2.48. The zero-order valence-electron chi connectivity index (χ0n) is 12.9. The first kappa shape index (κ1) is 15.0. The van der Waals surface area contributed by atoms with Crippen LogP contribution in [0, 0.1) is 0 Å². The van der Waals surface area contributed by atoms with Gasteiger partial charge >= 0.3 is 0 Å². The number of rotatable bonds is 6. The van der Waals surface area contributed by atoms with Crippen molar-refractivity contribution < 1.29 is 4.74 Å². The molecule has 0 bridgehead atoms. The average Bonchev–Trinajstić information content (AvgIpc) is 2.84. The van der Waals surface area contributed by atoms with E-state index in [2.05, 4.69) is 32.9 Å². The third-order valence-corrected chi connectivity index (χ3v) is 4.40. The van der Waals surface area contributed by atoms with Crippen LogP contribution in [0.3, 0.4) is 0 Å². The van der Waals surface area contributed by atoms with Gasteiger partial charge in [0, 0.05) is 31.5 Å². The van der Waals surface area contributed by atoms with Crippen LogP contribution < -0.4 is 5.73 Å². The minimum absolute atomic E-state index is 0.0684. The molecule has 20 heavy (non-hydrogen) atoms. The van der Waals surface area contributed by atoms with Gasteiger partial charge in [-0.15, -0.1) is 0 Å². The highest BCUT2D eigenvalue weighted by molar-refractivity contribution is 5.82. The number of aryl methyl sites for hydroxylation is 1. The van der Waals surface area contributed by atoms with Gasteiger partial charge in [0.05, 0.1) is 16.8 Å². The molecule has 1 aromatic heterocycles. The Balaban J connectivity index is 2.34. The van der Waals surface area contributed by atoms with Crippen LogP contribution in [-0.4, -0.2) is 28.5 Å². The van der Waals surface area contributed by atoms with Crippen LogP contribution >= 0.6 is 0 Å². The van der Waals surface area contributed by atoms with Gasteiger partial charge in [0.1, 0.15) is 0 Å². The van der Waals surface area contributed by atoms with E-state index < -0.39 is 0 Å². The van der Waals surface area contributed by atoms with Gasteiger partial charge in [0.25, 0.3) is 0 Å². The molecule has 2 rings (SSSR count). The van der Waals surface area contributed by atoms with Crippen molar-refractivity contribution in [3.8, 4) is 0 Å². The molecule has 4 nitrogen and oxygen atoms in total. The maximum atomic E-state index is 6.37. The number of fused-ring (bicyclic) bond motifs is 1. The molecule has 0 spiro atoms. The monoisotopic (exact) mass is 275 g/mol. The molecule has 0 saturated carbocycles. The highest BCUT2D eigenvalue weighted by Gasteiger charge is 2.30. The number of aromatic nitrogens is 2. The Morgan fingerprint density at radius 2 is 2.05 bits per heavy atom. The Bertz CT molecular complexity index is 572. The summed E-state index contributed by atoms with van der Waals surface area (Å²) in [5.74, 6) is 0. The lowest BCUT2D eigenvalue weighted by atomic mass is 9.90. The zero-order chi connectivity index (χ0) is 14.8. The van der Waals surface area contributed by atoms with Crippen molar-refractivity contribution in [2.45, 2.75) is 51.8 Å². The SMILES string of the molecule is CCn1nc(CC(N)C(C)(CC)OC)c2ccccc21. The Morgan fingerprint density at radius 3 is 2.65 bits per heavy atom. The number of hydrogen-bond acceptors (Lipinski definition) is 3. The summed E-state index contributed by atoms with van der Waals surface area (Å²) in [7, 11) is 1.73. The van der Waals surface area contributed by atoms with Crippen LogP contribution in [0.1, 0.15) is 32.9 Å². The normalized spacial score (nSPS) is 16.2. The van der Waals surface area contributed by atoms with Gasteiger partial charge in [-0.25, -0.2) is 0 Å². The molecule has 110 valence electrons. The lowest BCUT2D eigenvalue weighted by molar-refractivity contribution is -0.0186. The molecular formula is C16H25N3O. The molecule has 1 heterocycles. The van der Waals surface area contributed by atoms with Crippen LogP contribution in [-0.2, 0) is 17.7 Å². The van der Waals surface area contributed by atoms with Gasteiger partial charge in [-0.1, -0.05) is 25.1 Å². The lowest BCUT2D eigenvalue weighted by Gasteiger charge is -2.32. The third-order valence-electron chi connectivity index (χ3n) is 4.40. The fourth-order valence-electron chi connectivity index (χ4n) is 2.57. The van der Waals surface area contributed by atoms with Crippen LogP contribution in [0.2, 0.25) is 0 Å². The van der Waals surface area contributed by atoms with Gasteiger partial charge in [-0.05, 0) is 26.3 Å². The quantitative estimate of drug-likeness (QED) is 0.882. The first-order chi connectivity index (χ1) is 9.55. The molecule has 4 heteroatoms. The molecule has 1 aromatic carbocycles. The van der Waals surface area contributed by atoms with E-state index in [1.165, 1.54) is 10.9 Å². The minimum Gasteiger partial charge on any atom is -0.377 e. The summed E-state index contributed by atoms with van der Waals surface area (Å²) in [6.07, 6.45) is 1.61. The summed E-state index contributed by atoms with van der Waals surface area (Å²) in [6.45, 7) is 7.14. The Labute approximate surface area is 120 Å². The fourth-order valence-corrected chi connectivity index (χ4v) is 2.57. The third kappa shape index (κ3) is 2.58. The number of ether oxygens (including phenoxy) is 1. The second-order valence-corrected chi connectivity index (χ2v) is 5.46. The van der Waals surface area contributed by atoms with Crippen LogP contribution in [0.5, 0.6) is 0 Å². The van der Waals surface area contributed by atoms with Gasteiger partial charge in [0.15, 0.2) is 0 Å². The van der Waals surface area contributed by atoms with Gasteiger partial charge in [-0.3, -0.25) is 4.68 Å². The van der Waals surface area contributed by atoms with E-state index in [-0.39, 0.29) is 11.6 Å². The highest BCUT2D eigenvalue weighted by Crippen LogP contribution is 2.24. The average molecular weight is 275 g/mol. The van der Waals surface area contributed by atoms with Crippen LogP contribution in [0.15, 0.2) is 24.3 Å². The molecule has 2 N–H and O–H groups in total. The summed E-state index contributed by atoms with van der Waals surface area (Å²) < 4.78 is 7.64. The van der Waals surface area contributed by atoms with Gasteiger partial charge < -0.3 is 10.5 Å². The van der Waals surface area contributed by atoms with Crippen LogP contribution in [0.4, 0.5) is 0 Å². The molecule has 0 fully saturated rings. The van der Waals surface area contributed by atoms with E-state index in [4.69, 9.17) is 15.6 Å². The second-order valence-electron chi connectivity index (χ2n) is 5.46. The molecule has 0 amide bonds. The summed E-state index contributed by atoms with van der Waals surface area (Å²) in [5.41, 5.74) is 8.30. The molecule has 2 atom stereocenters. The molecule has 0 aliphatic rings. The van der Waals surface area contributed by atoms with E-state index in [0.717, 1.165) is 25.1 Å².